The largest absolute Gasteiger partial charge is 0.416 e. The van der Waals surface area contributed by atoms with Crippen LogP contribution in [0.4, 0.5) is 18.9 Å². The van der Waals surface area contributed by atoms with Crippen molar-refractivity contribution in [3.63, 3.8) is 0 Å². The van der Waals surface area contributed by atoms with Crippen molar-refractivity contribution in [2.75, 3.05) is 5.32 Å². The van der Waals surface area contributed by atoms with Crippen LogP contribution in [0.3, 0.4) is 0 Å². The molecule has 0 aliphatic heterocycles. The van der Waals surface area contributed by atoms with Crippen LogP contribution >= 0.6 is 0 Å². The lowest BCUT2D eigenvalue weighted by Crippen LogP contribution is -2.04. The number of anilines is 1. The lowest BCUT2D eigenvalue weighted by molar-refractivity contribution is -0.137. The summed E-state index contributed by atoms with van der Waals surface area (Å²) in [5.74, 6) is 0.776. The van der Waals surface area contributed by atoms with Crippen LogP contribution in [-0.4, -0.2) is 8.42 Å². The second kappa shape index (κ2) is 4.52. The third kappa shape index (κ3) is 3.78. The standard InChI is InChI=1S/C8H7F3NO2S/c9-8(10,11)6-1-3-7(4-2-6)12-5-15(13)14/h1-5,12,15H. The molecule has 1 N–H and O–H groups in total. The van der Waals surface area contributed by atoms with Gasteiger partial charge in [-0.25, -0.2) is 8.42 Å². The van der Waals surface area contributed by atoms with Crippen LogP contribution in [0.25, 0.3) is 0 Å². The third-order valence-electron chi connectivity index (χ3n) is 1.55. The number of rotatable bonds is 3. The summed E-state index contributed by atoms with van der Waals surface area (Å²) in [4.78, 5) is 0. The van der Waals surface area contributed by atoms with Gasteiger partial charge in [0.15, 0.2) is 16.6 Å². The lowest BCUT2D eigenvalue weighted by atomic mass is 10.2. The predicted octanol–water partition coefficient (Wildman–Crippen LogP) is 1.85. The molecule has 3 nitrogen and oxygen atoms in total. The number of alkyl halides is 3. The topological polar surface area (TPSA) is 46.2 Å². The third-order valence-corrected chi connectivity index (χ3v) is 1.89. The number of benzene rings is 1. The predicted molar refractivity (Wildman–Crippen MR) is 49.7 cm³/mol. The minimum absolute atomic E-state index is 0.280. The van der Waals surface area contributed by atoms with E-state index in [1.165, 1.54) is 0 Å². The molecule has 1 radical (unpaired) electrons. The Hall–Kier alpha value is -1.24. The highest BCUT2D eigenvalue weighted by Gasteiger charge is 2.29. The second-order valence-corrected chi connectivity index (χ2v) is 3.46. The Morgan fingerprint density at radius 2 is 1.67 bits per heavy atom. The molecule has 15 heavy (non-hydrogen) atoms. The maximum atomic E-state index is 12.1. The minimum Gasteiger partial charge on any atom is -0.367 e. The summed E-state index contributed by atoms with van der Waals surface area (Å²) in [5, 5.41) is 2.33. The fraction of sp³-hybridized carbons (Fsp3) is 0.125. The molecule has 0 fully saturated rings. The second-order valence-electron chi connectivity index (χ2n) is 2.63. The Kier molecular flexibility index (Phi) is 3.57. The van der Waals surface area contributed by atoms with Crippen molar-refractivity contribution in [3.8, 4) is 0 Å². The summed E-state index contributed by atoms with van der Waals surface area (Å²) < 4.78 is 56.6. The summed E-state index contributed by atoms with van der Waals surface area (Å²) in [6.07, 6.45) is -4.38. The van der Waals surface area contributed by atoms with E-state index in [9.17, 15) is 21.6 Å². The van der Waals surface area contributed by atoms with Gasteiger partial charge in [0.05, 0.1) is 5.56 Å². The SMILES string of the molecule is O=[SH](=O)[CH]Nc1ccc(C(F)(F)F)cc1. The molecule has 0 saturated carbocycles. The Morgan fingerprint density at radius 3 is 2.07 bits per heavy atom. The number of hydrogen-bond donors (Lipinski definition) is 2. The summed E-state index contributed by atoms with van der Waals surface area (Å²) in [5.41, 5.74) is -0.498. The van der Waals surface area contributed by atoms with Gasteiger partial charge in [0.2, 0.25) is 0 Å². The van der Waals surface area contributed by atoms with Crippen molar-refractivity contribution in [2.45, 2.75) is 6.18 Å². The molecule has 1 rings (SSSR count). The molecule has 0 aromatic heterocycles. The van der Waals surface area contributed by atoms with Crippen molar-refractivity contribution in [3.05, 3.63) is 35.7 Å². The molecule has 0 atom stereocenters. The summed E-state index contributed by atoms with van der Waals surface area (Å²) in [6, 6.07) is 4.04. The van der Waals surface area contributed by atoms with Gasteiger partial charge < -0.3 is 5.32 Å². The van der Waals surface area contributed by atoms with Gasteiger partial charge in [-0.2, -0.15) is 13.2 Å². The van der Waals surface area contributed by atoms with Crippen molar-refractivity contribution in [1.29, 1.82) is 0 Å². The van der Waals surface area contributed by atoms with E-state index in [4.69, 9.17) is 0 Å². The molecule has 0 bridgehead atoms. The molecule has 0 amide bonds. The van der Waals surface area contributed by atoms with Gasteiger partial charge in [-0.3, -0.25) is 0 Å². The maximum absolute atomic E-state index is 12.1. The van der Waals surface area contributed by atoms with Crippen molar-refractivity contribution in [2.24, 2.45) is 0 Å². The fourth-order valence-electron chi connectivity index (χ4n) is 0.883. The first kappa shape index (κ1) is 11.8. The first-order chi connectivity index (χ1) is 6.89. The molecule has 1 aromatic rings. The van der Waals surface area contributed by atoms with E-state index >= 15 is 0 Å². The van der Waals surface area contributed by atoms with E-state index in [0.29, 0.717) is 0 Å². The molecule has 0 aliphatic rings. The van der Waals surface area contributed by atoms with E-state index in [1.807, 2.05) is 0 Å². The Bertz CT molecular complexity index is 389. The van der Waals surface area contributed by atoms with Crippen molar-refractivity contribution >= 4 is 16.4 Å². The van der Waals surface area contributed by atoms with Crippen LogP contribution in [-0.2, 0) is 16.9 Å². The van der Waals surface area contributed by atoms with E-state index in [0.717, 1.165) is 30.1 Å². The van der Waals surface area contributed by atoms with Crippen LogP contribution in [0, 0.1) is 5.88 Å². The molecule has 0 aliphatic carbocycles. The van der Waals surface area contributed by atoms with Crippen LogP contribution in [0.2, 0.25) is 0 Å². The first-order valence-corrected chi connectivity index (χ1v) is 5.05. The normalized spacial score (nSPS) is 11.7. The van der Waals surface area contributed by atoms with Gasteiger partial charge in [0.25, 0.3) is 0 Å². The fourth-order valence-corrected chi connectivity index (χ4v) is 1.14. The molecule has 0 unspecified atom stereocenters. The van der Waals surface area contributed by atoms with Crippen molar-refractivity contribution in [1.82, 2.24) is 0 Å². The molecule has 7 heteroatoms. The lowest BCUT2D eigenvalue weighted by Gasteiger charge is -2.07. The van der Waals surface area contributed by atoms with Gasteiger partial charge in [-0.1, -0.05) is 0 Å². The molecular formula is C8H7F3NO2S. The zero-order chi connectivity index (χ0) is 11.5. The van der Waals surface area contributed by atoms with Crippen LogP contribution < -0.4 is 5.32 Å². The Labute approximate surface area is 85.9 Å². The number of halogens is 3. The zero-order valence-corrected chi connectivity index (χ0v) is 8.18. The van der Waals surface area contributed by atoms with Crippen LogP contribution in [0.1, 0.15) is 5.56 Å². The molecule has 0 spiro atoms. The molecule has 1 aromatic carbocycles. The molecule has 0 heterocycles. The van der Waals surface area contributed by atoms with Gasteiger partial charge in [0, 0.05) is 5.69 Å². The molecular weight excluding hydrogens is 231 g/mol. The van der Waals surface area contributed by atoms with E-state index in [1.54, 1.807) is 0 Å². The van der Waals surface area contributed by atoms with Crippen molar-refractivity contribution < 1.29 is 21.6 Å². The highest BCUT2D eigenvalue weighted by Crippen LogP contribution is 2.29. The van der Waals surface area contributed by atoms with Crippen LogP contribution in [0.15, 0.2) is 24.3 Å². The Balaban J connectivity index is 2.73. The maximum Gasteiger partial charge on any atom is 0.416 e. The molecule has 0 saturated heterocycles. The Morgan fingerprint density at radius 1 is 1.13 bits per heavy atom. The van der Waals surface area contributed by atoms with E-state index in [-0.39, 0.29) is 5.69 Å². The first-order valence-electron chi connectivity index (χ1n) is 3.80. The monoisotopic (exact) mass is 238 g/mol. The average Bonchev–Trinajstić information content (AvgIpc) is 2.14. The van der Waals surface area contributed by atoms with Gasteiger partial charge in [-0.05, 0) is 24.3 Å². The summed E-state index contributed by atoms with van der Waals surface area (Å²) >= 11 is 0. The summed E-state index contributed by atoms with van der Waals surface area (Å²) in [7, 11) is -2.71. The zero-order valence-electron chi connectivity index (χ0n) is 7.28. The number of thiol groups is 1. The van der Waals surface area contributed by atoms with Gasteiger partial charge in [-0.15, -0.1) is 0 Å². The summed E-state index contributed by atoms with van der Waals surface area (Å²) in [6.45, 7) is 0. The van der Waals surface area contributed by atoms with E-state index in [2.05, 4.69) is 5.32 Å². The van der Waals surface area contributed by atoms with Gasteiger partial charge in [0.1, 0.15) is 0 Å². The average molecular weight is 238 g/mol. The minimum atomic E-state index is -4.38. The number of nitrogens with one attached hydrogen (secondary N) is 1. The highest BCUT2D eigenvalue weighted by molar-refractivity contribution is 7.74. The van der Waals surface area contributed by atoms with Gasteiger partial charge >= 0.3 is 6.18 Å². The van der Waals surface area contributed by atoms with Crippen LogP contribution in [0.5, 0.6) is 0 Å². The quantitative estimate of drug-likeness (QED) is 0.790. The smallest absolute Gasteiger partial charge is 0.367 e. The molecule has 83 valence electrons. The highest BCUT2D eigenvalue weighted by atomic mass is 32.2. The van der Waals surface area contributed by atoms with E-state index < -0.39 is 22.4 Å². The number of hydrogen-bond acceptors (Lipinski definition) is 3.